The first-order valence-corrected chi connectivity index (χ1v) is 10.2. The molecule has 0 spiro atoms. The van der Waals surface area contributed by atoms with Crippen LogP contribution in [0.2, 0.25) is 0 Å². The van der Waals surface area contributed by atoms with Gasteiger partial charge in [0.15, 0.2) is 0 Å². The molecule has 0 N–H and O–H groups in total. The molecule has 0 saturated carbocycles. The van der Waals surface area contributed by atoms with Gasteiger partial charge in [-0.05, 0) is 44.9 Å². The van der Waals surface area contributed by atoms with Gasteiger partial charge >= 0.3 is 0 Å². The van der Waals surface area contributed by atoms with Crippen LogP contribution < -0.4 is 0 Å². The van der Waals surface area contributed by atoms with E-state index in [1.54, 1.807) is 0 Å². The Labute approximate surface area is 152 Å². The molecule has 24 heavy (non-hydrogen) atoms. The number of allylic oxidation sites excluding steroid dienone is 10. The Balaban J connectivity index is 3.37. The van der Waals surface area contributed by atoms with Crippen molar-refractivity contribution < 1.29 is 0 Å². The second kappa shape index (κ2) is 21.7. The fourth-order valence-electron chi connectivity index (χ4n) is 2.41. The van der Waals surface area contributed by atoms with Gasteiger partial charge in [-0.1, -0.05) is 107 Å². The lowest BCUT2D eigenvalue weighted by Crippen LogP contribution is -1.77. The van der Waals surface area contributed by atoms with Gasteiger partial charge in [0.1, 0.15) is 0 Å². The summed E-state index contributed by atoms with van der Waals surface area (Å²) in [6.07, 6.45) is 37.6. The number of rotatable bonds is 16. The lowest BCUT2D eigenvalue weighted by atomic mass is 10.1. The van der Waals surface area contributed by atoms with E-state index >= 15 is 0 Å². The largest absolute Gasteiger partial charge is 0.0885 e. The molecular weight excluding hydrogens is 288 g/mol. The summed E-state index contributed by atoms with van der Waals surface area (Å²) in [7, 11) is 0. The monoisotopic (exact) mass is 328 g/mol. The minimum atomic E-state index is 1.05. The Morgan fingerprint density at radius 2 is 0.833 bits per heavy atom. The molecule has 0 amide bonds. The van der Waals surface area contributed by atoms with Crippen LogP contribution in [-0.2, 0) is 0 Å². The van der Waals surface area contributed by atoms with Crippen LogP contribution in [0.3, 0.4) is 0 Å². The molecule has 0 rings (SSSR count). The normalized spacial score (nSPS) is 12.9. The average molecular weight is 329 g/mol. The molecule has 0 aromatic rings. The van der Waals surface area contributed by atoms with E-state index in [2.05, 4.69) is 74.6 Å². The van der Waals surface area contributed by atoms with Gasteiger partial charge in [0, 0.05) is 0 Å². The maximum Gasteiger partial charge on any atom is -0.0169 e. The maximum atomic E-state index is 2.35. The van der Waals surface area contributed by atoms with Gasteiger partial charge in [0.25, 0.3) is 0 Å². The highest BCUT2D eigenvalue weighted by Crippen LogP contribution is 2.07. The Kier molecular flexibility index (Phi) is 20.5. The number of hydrogen-bond acceptors (Lipinski definition) is 0. The zero-order valence-corrected chi connectivity index (χ0v) is 16.3. The Hall–Kier alpha value is -1.30. The second-order valence-electron chi connectivity index (χ2n) is 6.26. The van der Waals surface area contributed by atoms with Crippen molar-refractivity contribution in [3.05, 3.63) is 60.8 Å². The van der Waals surface area contributed by atoms with Crippen molar-refractivity contribution in [1.29, 1.82) is 0 Å². The van der Waals surface area contributed by atoms with Crippen LogP contribution in [0.1, 0.15) is 90.9 Å². The molecule has 0 aliphatic carbocycles. The highest BCUT2D eigenvalue weighted by molar-refractivity contribution is 5.00. The zero-order valence-electron chi connectivity index (χ0n) is 16.3. The van der Waals surface area contributed by atoms with Crippen molar-refractivity contribution >= 4 is 0 Å². The molecular formula is C24H40. The van der Waals surface area contributed by atoms with Gasteiger partial charge in [0.05, 0.1) is 0 Å². The molecule has 0 aliphatic heterocycles. The fourth-order valence-corrected chi connectivity index (χ4v) is 2.41. The molecule has 0 bridgehead atoms. The summed E-state index contributed by atoms with van der Waals surface area (Å²) < 4.78 is 0. The Morgan fingerprint density at radius 1 is 0.417 bits per heavy atom. The minimum absolute atomic E-state index is 1.05. The first-order valence-electron chi connectivity index (χ1n) is 10.2. The van der Waals surface area contributed by atoms with E-state index in [9.17, 15) is 0 Å². The first kappa shape index (κ1) is 22.7. The van der Waals surface area contributed by atoms with Crippen molar-refractivity contribution in [2.24, 2.45) is 0 Å². The minimum Gasteiger partial charge on any atom is -0.0885 e. The van der Waals surface area contributed by atoms with Gasteiger partial charge in [-0.3, -0.25) is 0 Å². The van der Waals surface area contributed by atoms with Crippen LogP contribution in [0, 0.1) is 0 Å². The Bertz CT molecular complexity index is 365. The maximum absolute atomic E-state index is 2.35. The lowest BCUT2D eigenvalue weighted by molar-refractivity contribution is 0.611. The van der Waals surface area contributed by atoms with E-state index < -0.39 is 0 Å². The summed E-state index contributed by atoms with van der Waals surface area (Å²) in [5.74, 6) is 0. The molecule has 0 aliphatic rings. The van der Waals surface area contributed by atoms with Gasteiger partial charge in [-0.2, -0.15) is 0 Å². The molecule has 0 saturated heterocycles. The number of unbranched alkanes of at least 4 members (excludes halogenated alkanes) is 6. The molecule has 0 heterocycles. The number of hydrogen-bond donors (Lipinski definition) is 0. The topological polar surface area (TPSA) is 0 Å². The van der Waals surface area contributed by atoms with E-state index in [1.165, 1.54) is 44.9 Å². The zero-order chi connectivity index (χ0) is 17.6. The third kappa shape index (κ3) is 20.7. The standard InChI is InChI=1S/C24H40/c1-3-5-7-9-11-13-15-17-19-21-23-24-22-20-18-16-14-12-10-8-6-4-2/h5,7,11,13,17-20,23-24H,3-4,6,8-10,12,14-16,21-22H2,1-2H3/b7-5-,13-11-,19-17-,20-18-,24-23-. The molecule has 0 heteroatoms. The summed E-state index contributed by atoms with van der Waals surface area (Å²) in [5.41, 5.74) is 0. The van der Waals surface area contributed by atoms with E-state index in [0.29, 0.717) is 0 Å². The smallest absolute Gasteiger partial charge is 0.0169 e. The molecule has 0 atom stereocenters. The predicted molar refractivity (Wildman–Crippen MR) is 112 cm³/mol. The van der Waals surface area contributed by atoms with Crippen molar-refractivity contribution in [3.8, 4) is 0 Å². The van der Waals surface area contributed by atoms with Crippen molar-refractivity contribution in [2.75, 3.05) is 0 Å². The summed E-state index contributed by atoms with van der Waals surface area (Å²) in [6, 6.07) is 0. The van der Waals surface area contributed by atoms with E-state index in [1.807, 2.05) is 0 Å². The van der Waals surface area contributed by atoms with Crippen molar-refractivity contribution in [3.63, 3.8) is 0 Å². The van der Waals surface area contributed by atoms with Crippen molar-refractivity contribution in [1.82, 2.24) is 0 Å². The quantitative estimate of drug-likeness (QED) is 0.197. The molecule has 136 valence electrons. The van der Waals surface area contributed by atoms with Crippen LogP contribution in [0.5, 0.6) is 0 Å². The van der Waals surface area contributed by atoms with E-state index in [4.69, 9.17) is 0 Å². The molecule has 0 radical (unpaired) electrons. The molecule has 0 aromatic carbocycles. The van der Waals surface area contributed by atoms with Crippen LogP contribution in [0.15, 0.2) is 60.8 Å². The van der Waals surface area contributed by atoms with Crippen molar-refractivity contribution in [2.45, 2.75) is 90.9 Å². The third-order valence-corrected chi connectivity index (χ3v) is 3.88. The molecule has 0 fully saturated rings. The Morgan fingerprint density at radius 3 is 1.33 bits per heavy atom. The van der Waals surface area contributed by atoms with Crippen LogP contribution in [0.4, 0.5) is 0 Å². The van der Waals surface area contributed by atoms with Crippen LogP contribution in [-0.4, -0.2) is 0 Å². The van der Waals surface area contributed by atoms with E-state index in [-0.39, 0.29) is 0 Å². The highest BCUT2D eigenvalue weighted by Gasteiger charge is 1.87. The van der Waals surface area contributed by atoms with Crippen LogP contribution >= 0.6 is 0 Å². The molecule has 0 aromatic heterocycles. The van der Waals surface area contributed by atoms with Gasteiger partial charge < -0.3 is 0 Å². The molecule has 0 unspecified atom stereocenters. The predicted octanol–water partition coefficient (Wildman–Crippen LogP) is 8.49. The average Bonchev–Trinajstić information content (AvgIpc) is 2.60. The highest BCUT2D eigenvalue weighted by atomic mass is 13.9. The van der Waals surface area contributed by atoms with E-state index in [0.717, 1.165) is 32.1 Å². The van der Waals surface area contributed by atoms with Crippen LogP contribution in [0.25, 0.3) is 0 Å². The third-order valence-electron chi connectivity index (χ3n) is 3.88. The summed E-state index contributed by atoms with van der Waals surface area (Å²) in [4.78, 5) is 0. The van der Waals surface area contributed by atoms with Gasteiger partial charge in [-0.25, -0.2) is 0 Å². The fraction of sp³-hybridized carbons (Fsp3) is 0.583. The molecule has 0 nitrogen and oxygen atoms in total. The van der Waals surface area contributed by atoms with Gasteiger partial charge in [0.2, 0.25) is 0 Å². The first-order chi connectivity index (χ1) is 11.9. The SMILES string of the molecule is CC/C=C\C/C=C\C/C=C\C/C=C\C/C=C\CCCCCCCC. The summed E-state index contributed by atoms with van der Waals surface area (Å²) in [5, 5.41) is 0. The summed E-state index contributed by atoms with van der Waals surface area (Å²) in [6.45, 7) is 4.44. The lowest BCUT2D eigenvalue weighted by Gasteiger charge is -1.97. The van der Waals surface area contributed by atoms with Gasteiger partial charge in [-0.15, -0.1) is 0 Å². The second-order valence-corrected chi connectivity index (χ2v) is 6.26. The summed E-state index contributed by atoms with van der Waals surface area (Å²) >= 11 is 0.